The number of fused-ring (bicyclic) bond motifs is 2. The lowest BCUT2D eigenvalue weighted by Gasteiger charge is -2.26. The van der Waals surface area contributed by atoms with Gasteiger partial charge >= 0.3 is 0 Å². The third-order valence-corrected chi connectivity index (χ3v) is 6.42. The summed E-state index contributed by atoms with van der Waals surface area (Å²) >= 11 is 0. The van der Waals surface area contributed by atoms with Crippen LogP contribution < -0.4 is 9.47 Å². The van der Waals surface area contributed by atoms with E-state index in [1.807, 2.05) is 0 Å². The maximum absolute atomic E-state index is 13.3. The minimum Gasteiger partial charge on any atom is -0.486 e. The van der Waals surface area contributed by atoms with E-state index >= 15 is 0 Å². The Morgan fingerprint density at radius 1 is 1.10 bits per heavy atom. The van der Waals surface area contributed by atoms with Crippen LogP contribution in [0.1, 0.15) is 5.56 Å². The number of nitrogens with zero attached hydrogens (tertiary/aromatic N) is 1. The molecule has 0 unspecified atom stereocenters. The maximum atomic E-state index is 13.3. The SMILES string of the molecule is O=[N+]([O-])c1ccc2c(c1CS(=O)(=O)c1cccc3ccccc13)O[C@H](CO)CO2. The molecule has 1 aliphatic rings. The molecule has 0 saturated carbocycles. The Kier molecular flexibility index (Phi) is 4.85. The van der Waals surface area contributed by atoms with Gasteiger partial charge in [0.2, 0.25) is 0 Å². The molecular formula is C20H17NO7S. The van der Waals surface area contributed by atoms with Crippen molar-refractivity contribution in [2.45, 2.75) is 16.8 Å². The summed E-state index contributed by atoms with van der Waals surface area (Å²) in [6, 6.07) is 14.5. The molecule has 150 valence electrons. The summed E-state index contributed by atoms with van der Waals surface area (Å²) in [4.78, 5) is 11.0. The van der Waals surface area contributed by atoms with Crippen LogP contribution in [0.2, 0.25) is 0 Å². The van der Waals surface area contributed by atoms with Crippen molar-refractivity contribution in [3.8, 4) is 11.5 Å². The van der Waals surface area contributed by atoms with Crippen molar-refractivity contribution in [2.24, 2.45) is 0 Å². The highest BCUT2D eigenvalue weighted by Crippen LogP contribution is 2.42. The molecule has 0 radical (unpaired) electrons. The average molecular weight is 415 g/mol. The van der Waals surface area contributed by atoms with E-state index in [0.29, 0.717) is 5.39 Å². The van der Waals surface area contributed by atoms with Crippen LogP contribution in [0.4, 0.5) is 5.69 Å². The third kappa shape index (κ3) is 3.50. The molecule has 0 bridgehead atoms. The second-order valence-corrected chi connectivity index (χ2v) is 8.58. The van der Waals surface area contributed by atoms with Gasteiger partial charge in [-0.05, 0) is 17.5 Å². The van der Waals surface area contributed by atoms with E-state index in [4.69, 9.17) is 9.47 Å². The minimum atomic E-state index is -3.96. The highest BCUT2D eigenvalue weighted by Gasteiger charge is 2.32. The molecule has 3 aromatic rings. The Labute approximate surface area is 166 Å². The third-order valence-electron chi connectivity index (χ3n) is 4.73. The van der Waals surface area contributed by atoms with Gasteiger partial charge in [0.25, 0.3) is 5.69 Å². The van der Waals surface area contributed by atoms with E-state index in [-0.39, 0.29) is 40.9 Å². The van der Waals surface area contributed by atoms with Gasteiger partial charge in [-0.25, -0.2) is 8.42 Å². The lowest BCUT2D eigenvalue weighted by atomic mass is 10.1. The zero-order valence-electron chi connectivity index (χ0n) is 15.1. The number of aliphatic hydroxyl groups excluding tert-OH is 1. The first-order valence-corrected chi connectivity index (χ1v) is 10.5. The molecule has 1 heterocycles. The molecule has 1 aliphatic heterocycles. The lowest BCUT2D eigenvalue weighted by molar-refractivity contribution is -0.385. The molecule has 9 heteroatoms. The van der Waals surface area contributed by atoms with Crippen LogP contribution >= 0.6 is 0 Å². The molecular weight excluding hydrogens is 398 g/mol. The molecule has 0 amide bonds. The topological polar surface area (TPSA) is 116 Å². The largest absolute Gasteiger partial charge is 0.486 e. The Balaban J connectivity index is 1.85. The number of hydrogen-bond donors (Lipinski definition) is 1. The summed E-state index contributed by atoms with van der Waals surface area (Å²) in [6.07, 6.45) is -0.733. The van der Waals surface area contributed by atoms with Crippen molar-refractivity contribution in [1.29, 1.82) is 0 Å². The number of benzene rings is 3. The Hall–Kier alpha value is -3.17. The fourth-order valence-electron chi connectivity index (χ4n) is 3.36. The molecule has 0 aromatic heterocycles. The lowest BCUT2D eigenvalue weighted by Crippen LogP contribution is -2.33. The van der Waals surface area contributed by atoms with E-state index in [1.165, 1.54) is 18.2 Å². The van der Waals surface area contributed by atoms with Crippen molar-refractivity contribution >= 4 is 26.3 Å². The number of rotatable bonds is 5. The quantitative estimate of drug-likeness (QED) is 0.503. The molecule has 1 atom stereocenters. The van der Waals surface area contributed by atoms with E-state index < -0.39 is 26.6 Å². The molecule has 0 aliphatic carbocycles. The van der Waals surface area contributed by atoms with Gasteiger partial charge in [0.05, 0.1) is 27.7 Å². The van der Waals surface area contributed by atoms with Crippen LogP contribution in [0, 0.1) is 10.1 Å². The Bertz CT molecular complexity index is 1200. The van der Waals surface area contributed by atoms with Crippen LogP contribution in [-0.4, -0.2) is 37.8 Å². The number of aliphatic hydroxyl groups is 1. The first-order chi connectivity index (χ1) is 13.9. The Morgan fingerprint density at radius 3 is 2.62 bits per heavy atom. The summed E-state index contributed by atoms with van der Waals surface area (Å²) in [6.45, 7) is -0.297. The Morgan fingerprint density at radius 2 is 1.86 bits per heavy atom. The fraction of sp³-hybridized carbons (Fsp3) is 0.200. The summed E-state index contributed by atoms with van der Waals surface area (Å²) in [7, 11) is -3.96. The first-order valence-electron chi connectivity index (χ1n) is 8.82. The van der Waals surface area contributed by atoms with Gasteiger partial charge in [-0.15, -0.1) is 0 Å². The van der Waals surface area contributed by atoms with Crippen LogP contribution in [-0.2, 0) is 15.6 Å². The van der Waals surface area contributed by atoms with E-state index in [9.17, 15) is 23.6 Å². The minimum absolute atomic E-state index is 0.0201. The van der Waals surface area contributed by atoms with Gasteiger partial charge in [-0.3, -0.25) is 10.1 Å². The zero-order chi connectivity index (χ0) is 20.6. The zero-order valence-corrected chi connectivity index (χ0v) is 16.0. The maximum Gasteiger partial charge on any atom is 0.277 e. The van der Waals surface area contributed by atoms with Gasteiger partial charge in [0.15, 0.2) is 27.4 Å². The van der Waals surface area contributed by atoms with Crippen molar-refractivity contribution in [3.05, 3.63) is 70.3 Å². The number of hydrogen-bond acceptors (Lipinski definition) is 7. The highest BCUT2D eigenvalue weighted by atomic mass is 32.2. The number of ether oxygens (including phenoxy) is 2. The molecule has 8 nitrogen and oxygen atoms in total. The molecule has 0 fully saturated rings. The molecule has 3 aromatic carbocycles. The standard InChI is InChI=1S/C20H17NO7S/c22-10-14-11-27-18-9-8-17(21(23)24)16(20(18)28-14)12-29(25,26)19-7-3-5-13-4-1-2-6-15(13)19/h1-9,14,22H,10-12H2/t14-/m1/s1. The predicted octanol–water partition coefficient (Wildman–Crippen LogP) is 2.85. The van der Waals surface area contributed by atoms with Crippen molar-refractivity contribution < 1.29 is 27.9 Å². The molecule has 0 spiro atoms. The second kappa shape index (κ2) is 7.34. The summed E-state index contributed by atoms with van der Waals surface area (Å²) in [5.41, 5.74) is -0.478. The van der Waals surface area contributed by atoms with Gasteiger partial charge in [-0.2, -0.15) is 0 Å². The molecule has 4 rings (SSSR count). The van der Waals surface area contributed by atoms with Crippen LogP contribution in [0.15, 0.2) is 59.5 Å². The number of sulfone groups is 1. The van der Waals surface area contributed by atoms with Crippen LogP contribution in [0.5, 0.6) is 11.5 Å². The van der Waals surface area contributed by atoms with E-state index in [0.717, 1.165) is 5.39 Å². The predicted molar refractivity (Wildman–Crippen MR) is 105 cm³/mol. The van der Waals surface area contributed by atoms with Crippen molar-refractivity contribution in [3.63, 3.8) is 0 Å². The molecule has 0 saturated heterocycles. The normalized spacial score (nSPS) is 16.0. The van der Waals surface area contributed by atoms with Gasteiger partial charge in [0, 0.05) is 11.5 Å². The fourth-order valence-corrected chi connectivity index (χ4v) is 4.98. The highest BCUT2D eigenvalue weighted by molar-refractivity contribution is 7.90. The smallest absolute Gasteiger partial charge is 0.277 e. The van der Waals surface area contributed by atoms with E-state index in [1.54, 1.807) is 36.4 Å². The van der Waals surface area contributed by atoms with Crippen LogP contribution in [0.25, 0.3) is 10.8 Å². The molecule has 1 N–H and O–H groups in total. The van der Waals surface area contributed by atoms with Gasteiger partial charge in [-0.1, -0.05) is 36.4 Å². The summed E-state index contributed by atoms with van der Waals surface area (Å²) < 4.78 is 37.6. The van der Waals surface area contributed by atoms with Crippen molar-refractivity contribution in [1.82, 2.24) is 0 Å². The first kappa shape index (κ1) is 19.2. The van der Waals surface area contributed by atoms with E-state index in [2.05, 4.69) is 0 Å². The number of nitro benzene ring substituents is 1. The average Bonchev–Trinajstić information content (AvgIpc) is 2.72. The molecule has 29 heavy (non-hydrogen) atoms. The number of nitro groups is 1. The monoisotopic (exact) mass is 415 g/mol. The summed E-state index contributed by atoms with van der Waals surface area (Å²) in [5.74, 6) is -0.445. The second-order valence-electron chi connectivity index (χ2n) is 6.62. The van der Waals surface area contributed by atoms with Gasteiger partial charge in [0.1, 0.15) is 6.61 Å². The van der Waals surface area contributed by atoms with Crippen molar-refractivity contribution in [2.75, 3.05) is 13.2 Å². The van der Waals surface area contributed by atoms with Crippen LogP contribution in [0.3, 0.4) is 0 Å². The summed E-state index contributed by atoms with van der Waals surface area (Å²) in [5, 5.41) is 22.2. The van der Waals surface area contributed by atoms with Gasteiger partial charge < -0.3 is 14.6 Å².